The summed E-state index contributed by atoms with van der Waals surface area (Å²) in [6, 6.07) is 8.58. The third kappa shape index (κ3) is 4.33. The van der Waals surface area contributed by atoms with Crippen LogP contribution >= 0.6 is 0 Å². The summed E-state index contributed by atoms with van der Waals surface area (Å²) in [5.41, 5.74) is 1.90. The SMILES string of the molecule is Cc1cc(C(=O)O)cc(S(=O)(=O)Nc2ccc(NC(=O)c3cnoc3C)cc2)c1C. The smallest absolute Gasteiger partial charge is 0.335 e. The fourth-order valence-electron chi connectivity index (χ4n) is 2.78. The molecule has 10 heteroatoms. The molecule has 0 aliphatic carbocycles. The molecule has 3 rings (SSSR count). The second kappa shape index (κ2) is 7.99. The van der Waals surface area contributed by atoms with E-state index in [1.807, 2.05) is 0 Å². The lowest BCUT2D eigenvalue weighted by atomic mass is 10.1. The molecular weight excluding hydrogens is 410 g/mol. The number of benzene rings is 2. The highest BCUT2D eigenvalue weighted by Crippen LogP contribution is 2.24. The van der Waals surface area contributed by atoms with E-state index < -0.39 is 21.9 Å². The number of hydrogen-bond donors (Lipinski definition) is 3. The first-order valence-corrected chi connectivity index (χ1v) is 10.3. The van der Waals surface area contributed by atoms with E-state index in [0.29, 0.717) is 28.1 Å². The topological polar surface area (TPSA) is 139 Å². The Kier molecular flexibility index (Phi) is 5.61. The number of nitrogens with zero attached hydrogens (tertiary/aromatic N) is 1. The molecular formula is C20H19N3O6S. The van der Waals surface area contributed by atoms with Crippen LogP contribution in [0.15, 0.2) is 52.0 Å². The maximum atomic E-state index is 12.8. The minimum absolute atomic E-state index is 0.111. The number of carboxylic acid groups (broad SMARTS) is 1. The summed E-state index contributed by atoms with van der Waals surface area (Å²) < 4.78 is 32.9. The molecule has 3 N–H and O–H groups in total. The highest BCUT2D eigenvalue weighted by Gasteiger charge is 2.21. The molecule has 0 bridgehead atoms. The zero-order chi connectivity index (χ0) is 22.1. The molecule has 3 aromatic rings. The van der Waals surface area contributed by atoms with Crippen LogP contribution in [0.25, 0.3) is 0 Å². The molecule has 0 spiro atoms. The normalized spacial score (nSPS) is 11.2. The zero-order valence-corrected chi connectivity index (χ0v) is 17.2. The largest absolute Gasteiger partial charge is 0.478 e. The monoisotopic (exact) mass is 429 g/mol. The molecule has 1 amide bonds. The maximum absolute atomic E-state index is 12.8. The summed E-state index contributed by atoms with van der Waals surface area (Å²) in [6.45, 7) is 4.87. The summed E-state index contributed by atoms with van der Waals surface area (Å²) in [4.78, 5) is 23.3. The van der Waals surface area contributed by atoms with Crippen molar-refractivity contribution in [2.75, 3.05) is 10.0 Å². The van der Waals surface area contributed by atoms with Gasteiger partial charge in [-0.15, -0.1) is 0 Å². The number of rotatable bonds is 6. The van der Waals surface area contributed by atoms with E-state index in [9.17, 15) is 23.1 Å². The summed E-state index contributed by atoms with van der Waals surface area (Å²) in [7, 11) is -4.02. The average molecular weight is 429 g/mol. The van der Waals surface area contributed by atoms with Crippen LogP contribution in [0.4, 0.5) is 11.4 Å². The number of nitrogens with one attached hydrogen (secondary N) is 2. The molecule has 1 heterocycles. The summed E-state index contributed by atoms with van der Waals surface area (Å²) in [6.07, 6.45) is 1.31. The van der Waals surface area contributed by atoms with Gasteiger partial charge in [-0.1, -0.05) is 5.16 Å². The van der Waals surface area contributed by atoms with Crippen LogP contribution in [0.1, 0.15) is 37.6 Å². The summed E-state index contributed by atoms with van der Waals surface area (Å²) in [5.74, 6) is -1.23. The number of carboxylic acids is 1. The van der Waals surface area contributed by atoms with Crippen molar-refractivity contribution in [3.05, 3.63) is 70.6 Å². The van der Waals surface area contributed by atoms with E-state index in [4.69, 9.17) is 4.52 Å². The van der Waals surface area contributed by atoms with E-state index >= 15 is 0 Å². The van der Waals surface area contributed by atoms with E-state index in [1.165, 1.54) is 36.5 Å². The standard InChI is InChI=1S/C20H19N3O6S/c1-11-8-14(20(25)26)9-18(12(11)2)30(27,28)23-16-6-4-15(5-7-16)22-19(24)17-10-21-29-13(17)3/h4-10,23H,1-3H3,(H,22,24)(H,25,26). The molecule has 0 radical (unpaired) electrons. The van der Waals surface area contributed by atoms with Crippen molar-refractivity contribution in [2.24, 2.45) is 0 Å². The van der Waals surface area contributed by atoms with Crippen molar-refractivity contribution < 1.29 is 27.6 Å². The molecule has 9 nitrogen and oxygen atoms in total. The van der Waals surface area contributed by atoms with Crippen LogP contribution in [-0.2, 0) is 10.0 Å². The Morgan fingerprint density at radius 1 is 1.03 bits per heavy atom. The van der Waals surface area contributed by atoms with E-state index in [-0.39, 0.29) is 16.1 Å². The third-order valence-corrected chi connectivity index (χ3v) is 6.05. The number of carbonyl (C=O) groups excluding carboxylic acids is 1. The molecule has 1 aromatic heterocycles. The van der Waals surface area contributed by atoms with Gasteiger partial charge in [-0.05, 0) is 68.3 Å². The first-order valence-electron chi connectivity index (χ1n) is 8.78. The first kappa shape index (κ1) is 21.1. The van der Waals surface area contributed by atoms with Crippen molar-refractivity contribution in [3.8, 4) is 0 Å². The van der Waals surface area contributed by atoms with Gasteiger partial charge in [-0.25, -0.2) is 13.2 Å². The number of carbonyl (C=O) groups is 2. The molecule has 30 heavy (non-hydrogen) atoms. The Hall–Kier alpha value is -3.66. The van der Waals surface area contributed by atoms with Gasteiger partial charge in [-0.2, -0.15) is 0 Å². The molecule has 0 saturated heterocycles. The van der Waals surface area contributed by atoms with E-state index in [2.05, 4.69) is 15.2 Å². The number of hydrogen-bond acceptors (Lipinski definition) is 6. The van der Waals surface area contributed by atoms with Crippen molar-refractivity contribution in [2.45, 2.75) is 25.7 Å². The van der Waals surface area contributed by atoms with Gasteiger partial charge < -0.3 is 14.9 Å². The number of aryl methyl sites for hydroxylation is 2. The van der Waals surface area contributed by atoms with Crippen molar-refractivity contribution >= 4 is 33.3 Å². The fraction of sp³-hybridized carbons (Fsp3) is 0.150. The lowest BCUT2D eigenvalue weighted by Gasteiger charge is -2.13. The number of amides is 1. The highest BCUT2D eigenvalue weighted by molar-refractivity contribution is 7.92. The van der Waals surface area contributed by atoms with Crippen LogP contribution in [0, 0.1) is 20.8 Å². The van der Waals surface area contributed by atoms with Gasteiger partial charge in [0.15, 0.2) is 0 Å². The van der Waals surface area contributed by atoms with Gasteiger partial charge in [0.05, 0.1) is 16.7 Å². The summed E-state index contributed by atoms with van der Waals surface area (Å²) in [5, 5.41) is 15.4. The quantitative estimate of drug-likeness (QED) is 0.546. The maximum Gasteiger partial charge on any atom is 0.335 e. The minimum Gasteiger partial charge on any atom is -0.478 e. The molecule has 0 aliphatic heterocycles. The van der Waals surface area contributed by atoms with Gasteiger partial charge in [0.1, 0.15) is 11.3 Å². The van der Waals surface area contributed by atoms with Crippen LogP contribution in [0.2, 0.25) is 0 Å². The Bertz CT molecular complexity index is 1230. The van der Waals surface area contributed by atoms with Gasteiger partial charge in [-0.3, -0.25) is 9.52 Å². The highest BCUT2D eigenvalue weighted by atomic mass is 32.2. The Labute approximate surface area is 172 Å². The molecule has 156 valence electrons. The second-order valence-corrected chi connectivity index (χ2v) is 8.30. The minimum atomic E-state index is -4.02. The lowest BCUT2D eigenvalue weighted by molar-refractivity contribution is 0.0696. The van der Waals surface area contributed by atoms with Crippen LogP contribution in [0.5, 0.6) is 0 Å². The van der Waals surface area contributed by atoms with Gasteiger partial charge in [0, 0.05) is 11.4 Å². The average Bonchev–Trinajstić information content (AvgIpc) is 3.11. The van der Waals surface area contributed by atoms with Crippen molar-refractivity contribution in [3.63, 3.8) is 0 Å². The van der Waals surface area contributed by atoms with Crippen molar-refractivity contribution in [1.29, 1.82) is 0 Å². The van der Waals surface area contributed by atoms with E-state index in [1.54, 1.807) is 20.8 Å². The number of sulfonamides is 1. The molecule has 0 aliphatic rings. The lowest BCUT2D eigenvalue weighted by Crippen LogP contribution is -2.16. The van der Waals surface area contributed by atoms with E-state index in [0.717, 1.165) is 6.07 Å². The summed E-state index contributed by atoms with van der Waals surface area (Å²) >= 11 is 0. The van der Waals surface area contributed by atoms with Gasteiger partial charge in [0.25, 0.3) is 15.9 Å². The first-order chi connectivity index (χ1) is 14.1. The third-order valence-electron chi connectivity index (χ3n) is 4.55. The van der Waals surface area contributed by atoms with Crippen molar-refractivity contribution in [1.82, 2.24) is 5.16 Å². The molecule has 0 atom stereocenters. The van der Waals surface area contributed by atoms with Gasteiger partial charge >= 0.3 is 5.97 Å². The fourth-order valence-corrected chi connectivity index (χ4v) is 4.18. The second-order valence-electron chi connectivity index (χ2n) is 6.65. The predicted octanol–water partition coefficient (Wildman–Crippen LogP) is 3.35. The van der Waals surface area contributed by atoms with Crippen LogP contribution in [0.3, 0.4) is 0 Å². The number of anilines is 2. The zero-order valence-electron chi connectivity index (χ0n) is 16.4. The Morgan fingerprint density at radius 3 is 2.23 bits per heavy atom. The molecule has 0 unspecified atom stereocenters. The predicted molar refractivity (Wildman–Crippen MR) is 109 cm³/mol. The van der Waals surface area contributed by atoms with Crippen LogP contribution in [-0.4, -0.2) is 30.6 Å². The molecule has 0 saturated carbocycles. The van der Waals surface area contributed by atoms with Gasteiger partial charge in [0.2, 0.25) is 0 Å². The number of aromatic nitrogens is 1. The van der Waals surface area contributed by atoms with Crippen LogP contribution < -0.4 is 10.0 Å². The molecule has 0 fully saturated rings. The number of aromatic carboxylic acids is 1. The Balaban J connectivity index is 1.80. The Morgan fingerprint density at radius 2 is 1.67 bits per heavy atom. The molecule has 2 aromatic carbocycles.